The molecule has 1 aliphatic heterocycles. The third kappa shape index (κ3) is 3.47. The molecule has 0 saturated carbocycles. The number of imide groups is 1. The van der Waals surface area contributed by atoms with Gasteiger partial charge in [0.1, 0.15) is 12.1 Å². The smallest absolute Gasteiger partial charge is 0.325 e. The van der Waals surface area contributed by atoms with Gasteiger partial charge in [-0.2, -0.15) is 0 Å². The van der Waals surface area contributed by atoms with Gasteiger partial charge >= 0.3 is 6.03 Å². The van der Waals surface area contributed by atoms with Crippen LogP contribution in [0.1, 0.15) is 40.0 Å². The fourth-order valence-electron chi connectivity index (χ4n) is 2.31. The molecule has 0 bridgehead atoms. The lowest BCUT2D eigenvalue weighted by atomic mass is 9.91. The lowest BCUT2D eigenvalue weighted by Crippen LogP contribution is -2.47. The Bertz CT molecular complexity index is 397. The summed E-state index contributed by atoms with van der Waals surface area (Å²) in [5.74, 6) is -0.697. The number of urea groups is 1. The second-order valence-electron chi connectivity index (χ2n) is 5.29. The van der Waals surface area contributed by atoms with Crippen molar-refractivity contribution in [3.05, 3.63) is 0 Å². The molecule has 7 nitrogen and oxygen atoms in total. The molecule has 4 N–H and O–H groups in total. The van der Waals surface area contributed by atoms with E-state index in [1.165, 1.54) is 0 Å². The first kappa shape index (κ1) is 16.4. The Morgan fingerprint density at radius 1 is 1.45 bits per heavy atom. The Kier molecular flexibility index (Phi) is 5.50. The Morgan fingerprint density at radius 3 is 2.60 bits per heavy atom. The van der Waals surface area contributed by atoms with Gasteiger partial charge in [-0.05, 0) is 19.8 Å². The topological polar surface area (TPSA) is 105 Å². The van der Waals surface area contributed by atoms with E-state index in [9.17, 15) is 14.4 Å². The monoisotopic (exact) mass is 284 g/mol. The number of nitrogens with zero attached hydrogens (tertiary/aromatic N) is 1. The van der Waals surface area contributed by atoms with Crippen LogP contribution < -0.4 is 16.4 Å². The molecule has 7 heteroatoms. The van der Waals surface area contributed by atoms with Gasteiger partial charge < -0.3 is 16.4 Å². The second kappa shape index (κ2) is 6.69. The number of hydrogen-bond acceptors (Lipinski definition) is 4. The molecular weight excluding hydrogens is 260 g/mol. The maximum Gasteiger partial charge on any atom is 0.325 e. The number of carbonyl (C=O) groups excluding carboxylic acids is 3. The van der Waals surface area contributed by atoms with Crippen molar-refractivity contribution in [2.75, 3.05) is 13.1 Å². The zero-order valence-electron chi connectivity index (χ0n) is 12.4. The highest BCUT2D eigenvalue weighted by Gasteiger charge is 2.49. The molecular formula is C13H24N4O3. The highest BCUT2D eigenvalue weighted by Crippen LogP contribution is 2.26. The number of amides is 4. The minimum Gasteiger partial charge on any atom is -0.353 e. The van der Waals surface area contributed by atoms with E-state index >= 15 is 0 Å². The molecule has 114 valence electrons. The van der Waals surface area contributed by atoms with Gasteiger partial charge in [-0.25, -0.2) is 4.79 Å². The third-order valence-electron chi connectivity index (χ3n) is 3.45. The molecule has 0 radical (unpaired) electrons. The summed E-state index contributed by atoms with van der Waals surface area (Å²) in [6.07, 6.45) is 1.87. The van der Waals surface area contributed by atoms with Crippen LogP contribution in [0.4, 0.5) is 4.79 Å². The van der Waals surface area contributed by atoms with Crippen LogP contribution in [-0.2, 0) is 9.59 Å². The molecule has 0 aromatic rings. The van der Waals surface area contributed by atoms with Crippen LogP contribution in [0.5, 0.6) is 0 Å². The molecule has 1 rings (SSSR count). The van der Waals surface area contributed by atoms with Gasteiger partial charge in [-0.3, -0.25) is 14.5 Å². The van der Waals surface area contributed by atoms with Gasteiger partial charge in [-0.15, -0.1) is 0 Å². The van der Waals surface area contributed by atoms with E-state index < -0.39 is 11.6 Å². The van der Waals surface area contributed by atoms with E-state index in [4.69, 9.17) is 5.73 Å². The molecule has 1 fully saturated rings. The van der Waals surface area contributed by atoms with Gasteiger partial charge in [0, 0.05) is 12.6 Å². The molecule has 1 aliphatic rings. The summed E-state index contributed by atoms with van der Waals surface area (Å²) < 4.78 is 0. The van der Waals surface area contributed by atoms with Gasteiger partial charge in [0.05, 0.1) is 0 Å². The molecule has 0 spiro atoms. The number of hydrogen-bond donors (Lipinski definition) is 3. The first-order chi connectivity index (χ1) is 9.36. The fraction of sp³-hybridized carbons (Fsp3) is 0.769. The van der Waals surface area contributed by atoms with Crippen LogP contribution >= 0.6 is 0 Å². The molecule has 1 saturated heterocycles. The Morgan fingerprint density at radius 2 is 2.10 bits per heavy atom. The molecule has 4 amide bonds. The van der Waals surface area contributed by atoms with Crippen LogP contribution in [0.2, 0.25) is 0 Å². The lowest BCUT2D eigenvalue weighted by molar-refractivity contribution is -0.135. The van der Waals surface area contributed by atoms with Gasteiger partial charge in [0.25, 0.3) is 5.91 Å². The molecule has 20 heavy (non-hydrogen) atoms. The fourth-order valence-corrected chi connectivity index (χ4v) is 2.31. The van der Waals surface area contributed by atoms with Crippen LogP contribution in [0, 0.1) is 0 Å². The first-order valence-electron chi connectivity index (χ1n) is 7.02. The van der Waals surface area contributed by atoms with Crippen molar-refractivity contribution in [1.82, 2.24) is 15.5 Å². The van der Waals surface area contributed by atoms with E-state index in [2.05, 4.69) is 10.6 Å². The van der Waals surface area contributed by atoms with Crippen LogP contribution in [0.3, 0.4) is 0 Å². The second-order valence-corrected chi connectivity index (χ2v) is 5.29. The average Bonchev–Trinajstić information content (AvgIpc) is 2.62. The van der Waals surface area contributed by atoms with Crippen molar-refractivity contribution in [2.24, 2.45) is 5.73 Å². The Hall–Kier alpha value is -1.63. The maximum atomic E-state index is 12.4. The largest absolute Gasteiger partial charge is 0.353 e. The summed E-state index contributed by atoms with van der Waals surface area (Å²) in [5, 5.41) is 5.31. The number of nitrogens with two attached hydrogens (primary N) is 1. The maximum absolute atomic E-state index is 12.4. The van der Waals surface area contributed by atoms with Crippen molar-refractivity contribution in [2.45, 2.75) is 51.6 Å². The van der Waals surface area contributed by atoms with Crippen molar-refractivity contribution >= 4 is 17.8 Å². The van der Waals surface area contributed by atoms with Crippen molar-refractivity contribution in [1.29, 1.82) is 0 Å². The molecule has 0 aliphatic carbocycles. The van der Waals surface area contributed by atoms with E-state index in [-0.39, 0.29) is 24.4 Å². The number of carbonyl (C=O) groups is 3. The van der Waals surface area contributed by atoms with Crippen molar-refractivity contribution in [3.8, 4) is 0 Å². The van der Waals surface area contributed by atoms with E-state index in [0.717, 1.165) is 11.3 Å². The summed E-state index contributed by atoms with van der Waals surface area (Å²) in [6, 6.07) is -0.668. The SMILES string of the molecule is CCCC1(CC)NC(=O)N(CC(=O)NCC(C)N)C1=O. The quantitative estimate of drug-likeness (QED) is 0.570. The van der Waals surface area contributed by atoms with Crippen LogP contribution in [0.15, 0.2) is 0 Å². The third-order valence-corrected chi connectivity index (χ3v) is 3.45. The minimum atomic E-state index is -0.854. The predicted molar refractivity (Wildman–Crippen MR) is 74.8 cm³/mol. The molecule has 0 aromatic heterocycles. The van der Waals surface area contributed by atoms with Crippen LogP contribution in [0.25, 0.3) is 0 Å². The Labute approximate surface area is 119 Å². The minimum absolute atomic E-state index is 0.170. The van der Waals surface area contributed by atoms with Crippen LogP contribution in [-0.4, -0.2) is 47.4 Å². The molecule has 2 unspecified atom stereocenters. The van der Waals surface area contributed by atoms with E-state index in [1.807, 2.05) is 13.8 Å². The Balaban J connectivity index is 2.70. The number of rotatable bonds is 7. The lowest BCUT2D eigenvalue weighted by Gasteiger charge is -2.24. The van der Waals surface area contributed by atoms with Gasteiger partial charge in [0.2, 0.25) is 5.91 Å². The predicted octanol–water partition coefficient (Wildman–Crippen LogP) is -0.0495. The highest BCUT2D eigenvalue weighted by molar-refractivity contribution is 6.08. The summed E-state index contributed by atoms with van der Waals surface area (Å²) >= 11 is 0. The summed E-state index contributed by atoms with van der Waals surface area (Å²) in [4.78, 5) is 37.0. The molecule has 0 aromatic carbocycles. The van der Waals surface area contributed by atoms with Gasteiger partial charge in [0.15, 0.2) is 0 Å². The number of nitrogens with one attached hydrogen (secondary N) is 2. The summed E-state index contributed by atoms with van der Waals surface area (Å²) in [7, 11) is 0. The normalized spacial score (nSPS) is 23.7. The zero-order chi connectivity index (χ0) is 15.3. The standard InChI is InChI=1S/C13H24N4O3/c1-4-6-13(5-2)11(19)17(12(20)16-13)8-10(18)15-7-9(3)14/h9H,4-8,14H2,1-3H3,(H,15,18)(H,16,20). The highest BCUT2D eigenvalue weighted by atomic mass is 16.2. The average molecular weight is 284 g/mol. The van der Waals surface area contributed by atoms with Crippen molar-refractivity contribution < 1.29 is 14.4 Å². The summed E-state index contributed by atoms with van der Waals surface area (Å²) in [5.41, 5.74) is 4.68. The first-order valence-corrected chi connectivity index (χ1v) is 7.02. The van der Waals surface area contributed by atoms with Gasteiger partial charge in [-0.1, -0.05) is 20.3 Å². The zero-order valence-corrected chi connectivity index (χ0v) is 12.4. The molecule has 1 heterocycles. The molecule has 2 atom stereocenters. The van der Waals surface area contributed by atoms with E-state index in [0.29, 0.717) is 19.4 Å². The van der Waals surface area contributed by atoms with Crippen molar-refractivity contribution in [3.63, 3.8) is 0 Å². The summed E-state index contributed by atoms with van der Waals surface area (Å²) in [6.45, 7) is 5.62. The van der Waals surface area contributed by atoms with E-state index in [1.54, 1.807) is 6.92 Å².